The van der Waals surface area contributed by atoms with Crippen molar-refractivity contribution >= 4 is 27.5 Å². The molecule has 2 aromatic rings. The van der Waals surface area contributed by atoms with Crippen LogP contribution in [-0.4, -0.2) is 20.2 Å². The summed E-state index contributed by atoms with van der Waals surface area (Å²) in [6.07, 6.45) is 0. The quantitative estimate of drug-likeness (QED) is 0.791. The van der Waals surface area contributed by atoms with Crippen LogP contribution in [0.3, 0.4) is 0 Å². The topological polar surface area (TPSA) is 81.3 Å². The van der Waals surface area contributed by atoms with Gasteiger partial charge in [-0.2, -0.15) is 0 Å². The lowest BCUT2D eigenvalue weighted by Crippen LogP contribution is -2.40. The summed E-state index contributed by atoms with van der Waals surface area (Å²) in [4.78, 5) is 34.1. The Labute approximate surface area is 93.0 Å². The van der Waals surface area contributed by atoms with E-state index in [1.807, 2.05) is 0 Å². The number of fused-ring (bicyclic) bond motifs is 1. The summed E-state index contributed by atoms with van der Waals surface area (Å²) in [5.74, 6) is -1.21. The zero-order valence-electron chi connectivity index (χ0n) is 8.34. The summed E-state index contributed by atoms with van der Waals surface area (Å²) in [6.45, 7) is -0.612. The third-order valence-corrected chi connectivity index (χ3v) is 3.15. The summed E-state index contributed by atoms with van der Waals surface area (Å²) < 4.78 is 2.39. The molecule has 0 saturated carbocycles. The van der Waals surface area contributed by atoms with Gasteiger partial charge in [0, 0.05) is 7.05 Å². The minimum Gasteiger partial charge on any atom is -0.480 e. The first kappa shape index (κ1) is 10.6. The molecule has 0 aliphatic rings. The highest BCUT2D eigenvalue weighted by Gasteiger charge is 2.13. The monoisotopic (exact) mass is 240 g/mol. The van der Waals surface area contributed by atoms with E-state index in [-0.39, 0.29) is 0 Å². The summed E-state index contributed by atoms with van der Waals surface area (Å²) in [7, 11) is 1.51. The Morgan fingerprint density at radius 1 is 1.50 bits per heavy atom. The smallest absolute Gasteiger partial charge is 0.331 e. The van der Waals surface area contributed by atoms with E-state index in [0.29, 0.717) is 10.2 Å². The average molecular weight is 240 g/mol. The number of carboxylic acids is 1. The van der Waals surface area contributed by atoms with Gasteiger partial charge in [-0.25, -0.2) is 9.36 Å². The molecule has 84 valence electrons. The summed E-state index contributed by atoms with van der Waals surface area (Å²) >= 11 is 1.19. The first-order valence-electron chi connectivity index (χ1n) is 4.41. The molecule has 0 aliphatic carbocycles. The van der Waals surface area contributed by atoms with E-state index in [1.54, 1.807) is 11.4 Å². The number of hydrogen-bond donors (Lipinski definition) is 1. The molecule has 0 fully saturated rings. The van der Waals surface area contributed by atoms with Crippen LogP contribution in [0.25, 0.3) is 10.2 Å². The zero-order chi connectivity index (χ0) is 11.9. The van der Waals surface area contributed by atoms with E-state index in [2.05, 4.69) is 0 Å². The van der Waals surface area contributed by atoms with Gasteiger partial charge in [0.05, 0.1) is 5.52 Å². The Morgan fingerprint density at radius 3 is 2.81 bits per heavy atom. The molecule has 6 nitrogen and oxygen atoms in total. The van der Waals surface area contributed by atoms with E-state index in [4.69, 9.17) is 5.11 Å². The average Bonchev–Trinajstić information content (AvgIpc) is 2.70. The fourth-order valence-corrected chi connectivity index (χ4v) is 2.36. The Balaban J connectivity index is 2.89. The van der Waals surface area contributed by atoms with Crippen LogP contribution in [0.5, 0.6) is 0 Å². The van der Waals surface area contributed by atoms with Gasteiger partial charge in [0.15, 0.2) is 0 Å². The van der Waals surface area contributed by atoms with Crippen LogP contribution in [0.4, 0.5) is 0 Å². The van der Waals surface area contributed by atoms with Crippen LogP contribution in [0.2, 0.25) is 0 Å². The number of aliphatic carboxylic acids is 1. The molecular weight excluding hydrogens is 232 g/mol. The number of nitrogens with zero attached hydrogens (tertiary/aromatic N) is 2. The second-order valence-corrected chi connectivity index (χ2v) is 4.18. The van der Waals surface area contributed by atoms with Crippen LogP contribution in [0.15, 0.2) is 21.0 Å². The van der Waals surface area contributed by atoms with Gasteiger partial charge in [0.25, 0.3) is 5.56 Å². The van der Waals surface area contributed by atoms with E-state index < -0.39 is 23.8 Å². The van der Waals surface area contributed by atoms with Crippen LogP contribution in [0, 0.1) is 0 Å². The molecule has 1 N–H and O–H groups in total. The Hall–Kier alpha value is -1.89. The lowest BCUT2D eigenvalue weighted by Gasteiger charge is -2.05. The third kappa shape index (κ3) is 1.45. The third-order valence-electron chi connectivity index (χ3n) is 2.26. The van der Waals surface area contributed by atoms with Crippen LogP contribution in [0.1, 0.15) is 0 Å². The standard InChI is InChI=1S/C9H8N2O4S/c1-10-5-2-3-16-7(5)8(14)11(9(10)15)4-6(12)13/h2-3H,4H2,1H3,(H,12,13). The predicted molar refractivity (Wildman–Crippen MR) is 59.0 cm³/mol. The number of hydrogen-bond acceptors (Lipinski definition) is 4. The maximum Gasteiger partial charge on any atom is 0.331 e. The number of aromatic nitrogens is 2. The molecular formula is C9H8N2O4S. The second-order valence-electron chi connectivity index (χ2n) is 3.26. The Kier molecular flexibility index (Phi) is 2.39. The largest absolute Gasteiger partial charge is 0.480 e. The van der Waals surface area contributed by atoms with Crippen molar-refractivity contribution < 1.29 is 9.90 Å². The van der Waals surface area contributed by atoms with Crippen LogP contribution >= 0.6 is 11.3 Å². The highest BCUT2D eigenvalue weighted by molar-refractivity contribution is 7.17. The minimum absolute atomic E-state index is 0.392. The highest BCUT2D eigenvalue weighted by Crippen LogP contribution is 2.13. The maximum absolute atomic E-state index is 11.8. The van der Waals surface area contributed by atoms with Gasteiger partial charge < -0.3 is 5.11 Å². The fraction of sp³-hybridized carbons (Fsp3) is 0.222. The molecule has 0 aromatic carbocycles. The van der Waals surface area contributed by atoms with Gasteiger partial charge in [-0.15, -0.1) is 11.3 Å². The van der Waals surface area contributed by atoms with Gasteiger partial charge in [0.2, 0.25) is 0 Å². The Morgan fingerprint density at radius 2 is 2.19 bits per heavy atom. The fourth-order valence-electron chi connectivity index (χ4n) is 1.49. The second kappa shape index (κ2) is 3.60. The predicted octanol–water partition coefficient (Wildman–Crippen LogP) is -0.154. The number of carboxylic acid groups (broad SMARTS) is 1. The van der Waals surface area contributed by atoms with Crippen LogP contribution < -0.4 is 11.2 Å². The molecule has 0 radical (unpaired) electrons. The summed E-state index contributed by atoms with van der Waals surface area (Å²) in [5, 5.41) is 10.3. The van der Waals surface area contributed by atoms with Crippen molar-refractivity contribution in [2.45, 2.75) is 6.54 Å². The minimum atomic E-state index is -1.21. The molecule has 2 heterocycles. The lowest BCUT2D eigenvalue weighted by molar-refractivity contribution is -0.137. The zero-order valence-corrected chi connectivity index (χ0v) is 9.15. The van der Waals surface area contributed by atoms with Crippen molar-refractivity contribution in [2.24, 2.45) is 7.05 Å². The highest BCUT2D eigenvalue weighted by atomic mass is 32.1. The summed E-state index contributed by atoms with van der Waals surface area (Å²) in [5.41, 5.74) is -0.629. The first-order chi connectivity index (χ1) is 7.52. The van der Waals surface area contributed by atoms with Gasteiger partial charge in [-0.1, -0.05) is 0 Å². The normalized spacial score (nSPS) is 10.8. The van der Waals surface area contributed by atoms with Gasteiger partial charge in [0.1, 0.15) is 11.2 Å². The Bertz CT molecular complexity index is 679. The number of aryl methyl sites for hydroxylation is 1. The molecule has 7 heteroatoms. The number of rotatable bonds is 2. The molecule has 0 unspecified atom stereocenters. The lowest BCUT2D eigenvalue weighted by atomic mass is 10.4. The summed E-state index contributed by atoms with van der Waals surface area (Å²) in [6, 6.07) is 1.66. The first-order valence-corrected chi connectivity index (χ1v) is 5.29. The van der Waals surface area contributed by atoms with Gasteiger partial charge in [-0.3, -0.25) is 14.2 Å². The molecule has 0 saturated heterocycles. The van der Waals surface area contributed by atoms with Crippen molar-refractivity contribution in [1.82, 2.24) is 9.13 Å². The maximum atomic E-state index is 11.8. The van der Waals surface area contributed by atoms with Crippen molar-refractivity contribution in [1.29, 1.82) is 0 Å². The van der Waals surface area contributed by atoms with Crippen molar-refractivity contribution in [3.05, 3.63) is 32.3 Å². The van der Waals surface area contributed by atoms with E-state index in [0.717, 1.165) is 4.57 Å². The van der Waals surface area contributed by atoms with Crippen molar-refractivity contribution in [2.75, 3.05) is 0 Å². The van der Waals surface area contributed by atoms with Crippen molar-refractivity contribution in [3.8, 4) is 0 Å². The SMILES string of the molecule is Cn1c(=O)n(CC(=O)O)c(=O)c2sccc21. The van der Waals surface area contributed by atoms with E-state index >= 15 is 0 Å². The van der Waals surface area contributed by atoms with Gasteiger partial charge in [-0.05, 0) is 11.4 Å². The molecule has 16 heavy (non-hydrogen) atoms. The molecule has 2 aromatic heterocycles. The molecule has 0 spiro atoms. The van der Waals surface area contributed by atoms with E-state index in [1.165, 1.54) is 23.0 Å². The number of thiophene rings is 1. The molecule has 0 atom stereocenters. The molecule has 2 rings (SSSR count). The molecule has 0 aliphatic heterocycles. The van der Waals surface area contributed by atoms with E-state index in [9.17, 15) is 14.4 Å². The van der Waals surface area contributed by atoms with Crippen LogP contribution in [-0.2, 0) is 18.4 Å². The number of carbonyl (C=O) groups is 1. The van der Waals surface area contributed by atoms with Crippen molar-refractivity contribution in [3.63, 3.8) is 0 Å². The molecule has 0 bridgehead atoms. The van der Waals surface area contributed by atoms with Gasteiger partial charge >= 0.3 is 11.7 Å². The molecule has 0 amide bonds.